The molecule has 1 aromatic rings. The van der Waals surface area contributed by atoms with Crippen molar-refractivity contribution in [1.29, 1.82) is 0 Å². The molecule has 5 heteroatoms. The summed E-state index contributed by atoms with van der Waals surface area (Å²) in [5, 5.41) is 5.16. The van der Waals surface area contributed by atoms with E-state index in [0.717, 1.165) is 6.42 Å². The molecule has 1 aromatic carbocycles. The largest absolute Gasteiger partial charge is 0.385 e. The van der Waals surface area contributed by atoms with Crippen LogP contribution >= 0.6 is 0 Å². The molecule has 2 N–H and O–H groups in total. The summed E-state index contributed by atoms with van der Waals surface area (Å²) in [5.74, 6) is -0.378. The maximum Gasteiger partial charge on any atom is 0.319 e. The Balaban J connectivity index is 2.29. The minimum Gasteiger partial charge on any atom is -0.385 e. The van der Waals surface area contributed by atoms with Crippen molar-refractivity contribution < 1.29 is 13.9 Å². The summed E-state index contributed by atoms with van der Waals surface area (Å²) in [6, 6.07) is 5.39. The Bertz CT molecular complexity index is 345. The fraction of sp³-hybridized carbons (Fsp3) is 0.364. The molecule has 1 rings (SSSR count). The van der Waals surface area contributed by atoms with Crippen LogP contribution in [0.5, 0.6) is 0 Å². The van der Waals surface area contributed by atoms with Gasteiger partial charge in [-0.2, -0.15) is 0 Å². The summed E-state index contributed by atoms with van der Waals surface area (Å²) >= 11 is 0. The summed E-state index contributed by atoms with van der Waals surface area (Å²) in [6.07, 6.45) is 0.743. The van der Waals surface area contributed by atoms with Crippen molar-refractivity contribution in [3.63, 3.8) is 0 Å². The lowest BCUT2D eigenvalue weighted by molar-refractivity contribution is 0.194. The Hall–Kier alpha value is -1.62. The molecule has 0 fully saturated rings. The Morgan fingerprint density at radius 3 is 3.00 bits per heavy atom. The van der Waals surface area contributed by atoms with Crippen LogP contribution in [0.1, 0.15) is 6.42 Å². The van der Waals surface area contributed by atoms with E-state index in [2.05, 4.69) is 10.6 Å². The molecule has 0 saturated heterocycles. The molecule has 0 aliphatic carbocycles. The fourth-order valence-corrected chi connectivity index (χ4v) is 1.16. The van der Waals surface area contributed by atoms with Crippen LogP contribution < -0.4 is 10.6 Å². The Kier molecular flexibility index (Phi) is 5.28. The summed E-state index contributed by atoms with van der Waals surface area (Å²) < 4.78 is 17.6. The number of benzene rings is 1. The Morgan fingerprint density at radius 1 is 1.50 bits per heavy atom. The molecule has 0 radical (unpaired) electrons. The van der Waals surface area contributed by atoms with Gasteiger partial charge in [0, 0.05) is 25.9 Å². The number of ether oxygens (including phenoxy) is 1. The minimum atomic E-state index is -0.378. The third-order valence-corrected chi connectivity index (χ3v) is 1.89. The monoisotopic (exact) mass is 226 g/mol. The number of carbonyl (C=O) groups is 1. The normalized spacial score (nSPS) is 9.88. The van der Waals surface area contributed by atoms with Crippen molar-refractivity contribution in [3.05, 3.63) is 30.1 Å². The molecule has 0 bridgehead atoms. The highest BCUT2D eigenvalue weighted by Gasteiger charge is 2.01. The van der Waals surface area contributed by atoms with E-state index >= 15 is 0 Å². The lowest BCUT2D eigenvalue weighted by Gasteiger charge is -2.07. The van der Waals surface area contributed by atoms with Gasteiger partial charge in [0.1, 0.15) is 5.82 Å². The molecule has 0 spiro atoms. The molecular weight excluding hydrogens is 211 g/mol. The first kappa shape index (κ1) is 12.4. The van der Waals surface area contributed by atoms with Gasteiger partial charge < -0.3 is 15.4 Å². The second kappa shape index (κ2) is 6.79. The number of nitrogens with one attached hydrogen (secondary N) is 2. The lowest BCUT2D eigenvalue weighted by Crippen LogP contribution is -2.30. The van der Waals surface area contributed by atoms with Crippen molar-refractivity contribution in [2.75, 3.05) is 25.6 Å². The highest BCUT2D eigenvalue weighted by atomic mass is 19.1. The van der Waals surface area contributed by atoms with Gasteiger partial charge in [-0.3, -0.25) is 0 Å². The number of anilines is 1. The van der Waals surface area contributed by atoms with Gasteiger partial charge in [-0.25, -0.2) is 9.18 Å². The maximum absolute atomic E-state index is 12.8. The van der Waals surface area contributed by atoms with Gasteiger partial charge >= 0.3 is 6.03 Å². The molecule has 0 heterocycles. The number of hydrogen-bond acceptors (Lipinski definition) is 2. The SMILES string of the molecule is COCCCNC(=O)Nc1cccc(F)c1. The predicted molar refractivity (Wildman–Crippen MR) is 59.9 cm³/mol. The molecule has 0 unspecified atom stereocenters. The predicted octanol–water partition coefficient (Wildman–Crippen LogP) is 1.98. The van der Waals surface area contributed by atoms with E-state index in [0.29, 0.717) is 18.8 Å². The lowest BCUT2D eigenvalue weighted by atomic mass is 10.3. The van der Waals surface area contributed by atoms with Gasteiger partial charge in [0.05, 0.1) is 0 Å². The first-order valence-corrected chi connectivity index (χ1v) is 5.01. The molecule has 0 aromatic heterocycles. The number of urea groups is 1. The van der Waals surface area contributed by atoms with Crippen LogP contribution in [0.4, 0.5) is 14.9 Å². The van der Waals surface area contributed by atoms with Crippen LogP contribution in [0.3, 0.4) is 0 Å². The summed E-state index contributed by atoms with van der Waals surface area (Å²) in [6.45, 7) is 1.12. The first-order chi connectivity index (χ1) is 7.72. The molecule has 0 atom stereocenters. The second-order valence-electron chi connectivity index (χ2n) is 3.24. The zero-order valence-electron chi connectivity index (χ0n) is 9.13. The van der Waals surface area contributed by atoms with Crippen molar-refractivity contribution in [2.24, 2.45) is 0 Å². The van der Waals surface area contributed by atoms with E-state index in [1.165, 1.54) is 18.2 Å². The number of amides is 2. The van der Waals surface area contributed by atoms with Crippen LogP contribution in [-0.4, -0.2) is 26.3 Å². The summed E-state index contributed by atoms with van der Waals surface area (Å²) in [7, 11) is 1.60. The van der Waals surface area contributed by atoms with E-state index in [4.69, 9.17) is 4.74 Å². The molecule has 0 saturated carbocycles. The minimum absolute atomic E-state index is 0.346. The maximum atomic E-state index is 12.8. The standard InChI is InChI=1S/C11H15FN2O2/c1-16-7-3-6-13-11(15)14-10-5-2-4-9(12)8-10/h2,4-5,8H,3,6-7H2,1H3,(H2,13,14,15). The average molecular weight is 226 g/mol. The average Bonchev–Trinajstić information content (AvgIpc) is 2.24. The number of halogens is 1. The van der Waals surface area contributed by atoms with Crippen LogP contribution in [-0.2, 0) is 4.74 Å². The van der Waals surface area contributed by atoms with Gasteiger partial charge in [0.2, 0.25) is 0 Å². The van der Waals surface area contributed by atoms with Gasteiger partial charge in [0.15, 0.2) is 0 Å². The molecule has 88 valence electrons. The van der Waals surface area contributed by atoms with E-state index in [9.17, 15) is 9.18 Å². The number of hydrogen-bond donors (Lipinski definition) is 2. The van der Waals surface area contributed by atoms with Crippen LogP contribution in [0.2, 0.25) is 0 Å². The Morgan fingerprint density at radius 2 is 2.31 bits per heavy atom. The molecule has 0 aliphatic rings. The van der Waals surface area contributed by atoms with Crippen molar-refractivity contribution in [3.8, 4) is 0 Å². The number of carbonyl (C=O) groups excluding carboxylic acids is 1. The number of methoxy groups -OCH3 is 1. The molecule has 0 aliphatic heterocycles. The molecular formula is C11H15FN2O2. The molecule has 4 nitrogen and oxygen atoms in total. The van der Waals surface area contributed by atoms with E-state index < -0.39 is 0 Å². The van der Waals surface area contributed by atoms with E-state index in [1.807, 2.05) is 0 Å². The smallest absolute Gasteiger partial charge is 0.319 e. The van der Waals surface area contributed by atoms with Gasteiger partial charge in [-0.05, 0) is 24.6 Å². The zero-order chi connectivity index (χ0) is 11.8. The second-order valence-corrected chi connectivity index (χ2v) is 3.24. The molecule has 16 heavy (non-hydrogen) atoms. The van der Waals surface area contributed by atoms with Crippen LogP contribution in [0, 0.1) is 5.82 Å². The topological polar surface area (TPSA) is 50.4 Å². The van der Waals surface area contributed by atoms with E-state index in [1.54, 1.807) is 13.2 Å². The van der Waals surface area contributed by atoms with Crippen molar-refractivity contribution >= 4 is 11.7 Å². The zero-order valence-corrected chi connectivity index (χ0v) is 9.13. The van der Waals surface area contributed by atoms with Crippen molar-refractivity contribution in [1.82, 2.24) is 5.32 Å². The van der Waals surface area contributed by atoms with Crippen molar-refractivity contribution in [2.45, 2.75) is 6.42 Å². The first-order valence-electron chi connectivity index (χ1n) is 5.01. The van der Waals surface area contributed by atoms with Crippen LogP contribution in [0.25, 0.3) is 0 Å². The summed E-state index contributed by atoms with van der Waals surface area (Å²) in [4.78, 5) is 11.3. The third-order valence-electron chi connectivity index (χ3n) is 1.89. The van der Waals surface area contributed by atoms with Gasteiger partial charge in [-0.1, -0.05) is 6.07 Å². The van der Waals surface area contributed by atoms with Gasteiger partial charge in [-0.15, -0.1) is 0 Å². The number of rotatable bonds is 5. The van der Waals surface area contributed by atoms with Gasteiger partial charge in [0.25, 0.3) is 0 Å². The fourth-order valence-electron chi connectivity index (χ4n) is 1.16. The highest BCUT2D eigenvalue weighted by molar-refractivity contribution is 5.89. The Labute approximate surface area is 93.8 Å². The quantitative estimate of drug-likeness (QED) is 0.754. The highest BCUT2D eigenvalue weighted by Crippen LogP contribution is 2.08. The molecule has 2 amide bonds. The van der Waals surface area contributed by atoms with Crippen LogP contribution in [0.15, 0.2) is 24.3 Å². The third kappa shape index (κ3) is 4.75. The van der Waals surface area contributed by atoms with E-state index in [-0.39, 0.29) is 11.8 Å². The summed E-state index contributed by atoms with van der Waals surface area (Å²) in [5.41, 5.74) is 0.434.